The molecule has 0 aliphatic heterocycles. The van der Waals surface area contributed by atoms with E-state index in [1.54, 1.807) is 0 Å². The van der Waals surface area contributed by atoms with E-state index >= 15 is 0 Å². The third-order valence-electron chi connectivity index (χ3n) is 3.31. The summed E-state index contributed by atoms with van der Waals surface area (Å²) in [5.74, 6) is -0.575. The zero-order chi connectivity index (χ0) is 15.4. The van der Waals surface area contributed by atoms with Crippen LogP contribution in [-0.4, -0.2) is 6.54 Å². The van der Waals surface area contributed by atoms with Crippen LogP contribution in [0.2, 0.25) is 5.02 Å². The molecule has 0 aliphatic rings. The van der Waals surface area contributed by atoms with Crippen LogP contribution in [0.1, 0.15) is 19.8 Å². The van der Waals surface area contributed by atoms with Gasteiger partial charge in [0.15, 0.2) is 5.82 Å². The highest BCUT2D eigenvalue weighted by molar-refractivity contribution is 6.33. The molecular weight excluding hydrogens is 289 g/mol. The largest absolute Gasteiger partial charge is 0.397 e. The van der Waals surface area contributed by atoms with Gasteiger partial charge in [0, 0.05) is 12.2 Å². The third-order valence-corrected chi connectivity index (χ3v) is 3.70. The molecule has 0 aliphatic carbocycles. The maximum Gasteiger partial charge on any atom is 0.169 e. The van der Waals surface area contributed by atoms with Crippen LogP contribution in [0.3, 0.4) is 0 Å². The Morgan fingerprint density at radius 2 is 1.81 bits per heavy atom. The molecule has 0 radical (unpaired) electrons. The molecule has 112 valence electrons. The molecule has 0 aromatic heterocycles. The Morgan fingerprint density at radius 1 is 1.14 bits per heavy atom. The quantitative estimate of drug-likeness (QED) is 0.795. The Morgan fingerprint density at radius 3 is 2.43 bits per heavy atom. The van der Waals surface area contributed by atoms with Crippen molar-refractivity contribution in [2.24, 2.45) is 0 Å². The van der Waals surface area contributed by atoms with E-state index in [-0.39, 0.29) is 22.1 Å². The summed E-state index contributed by atoms with van der Waals surface area (Å²) in [6, 6.07) is 11.1. The summed E-state index contributed by atoms with van der Waals surface area (Å²) < 4.78 is 14.6. The van der Waals surface area contributed by atoms with Crippen molar-refractivity contribution in [1.82, 2.24) is 0 Å². The summed E-state index contributed by atoms with van der Waals surface area (Å²) in [5, 5.41) is -0.0865. The minimum Gasteiger partial charge on any atom is -0.397 e. The molecule has 4 N–H and O–H groups in total. The van der Waals surface area contributed by atoms with Gasteiger partial charge in [-0.2, -0.15) is 0 Å². The lowest BCUT2D eigenvalue weighted by atomic mass is 10.1. The number of nitrogen functional groups attached to an aromatic ring is 2. The highest BCUT2D eigenvalue weighted by atomic mass is 35.5. The van der Waals surface area contributed by atoms with E-state index in [4.69, 9.17) is 23.1 Å². The molecule has 2 rings (SSSR count). The Bertz CT molecular complexity index is 617. The molecule has 2 aromatic carbocycles. The highest BCUT2D eigenvalue weighted by Gasteiger charge is 2.20. The molecule has 5 heteroatoms. The van der Waals surface area contributed by atoms with Crippen LogP contribution in [0.25, 0.3) is 0 Å². The molecule has 2 aromatic rings. The molecular formula is C16H19ClFN3. The molecule has 0 unspecified atom stereocenters. The molecule has 3 nitrogen and oxygen atoms in total. The molecule has 0 amide bonds. The summed E-state index contributed by atoms with van der Waals surface area (Å²) >= 11 is 5.94. The second kappa shape index (κ2) is 6.68. The van der Waals surface area contributed by atoms with Crippen LogP contribution in [0, 0.1) is 5.82 Å². The lowest BCUT2D eigenvalue weighted by Gasteiger charge is -2.27. The van der Waals surface area contributed by atoms with Crippen LogP contribution in [0.15, 0.2) is 36.4 Å². The van der Waals surface area contributed by atoms with E-state index in [2.05, 4.69) is 6.92 Å². The SMILES string of the molecule is CCCCN(c1ccccc1)c1c(N)cc(N)c(Cl)c1F. The minimum atomic E-state index is -0.575. The van der Waals surface area contributed by atoms with Crippen molar-refractivity contribution in [1.29, 1.82) is 0 Å². The van der Waals surface area contributed by atoms with Gasteiger partial charge in [-0.05, 0) is 24.6 Å². The second-order valence-electron chi connectivity index (χ2n) is 4.87. The first-order valence-electron chi connectivity index (χ1n) is 6.91. The van der Waals surface area contributed by atoms with Crippen LogP contribution in [0.5, 0.6) is 0 Å². The zero-order valence-electron chi connectivity index (χ0n) is 11.9. The summed E-state index contributed by atoms with van der Waals surface area (Å²) in [6.45, 7) is 2.74. The third kappa shape index (κ3) is 3.22. The Hall–Kier alpha value is -1.94. The van der Waals surface area contributed by atoms with Gasteiger partial charge in [0.05, 0.1) is 11.4 Å². The number of rotatable bonds is 5. The average molecular weight is 308 g/mol. The number of halogens is 2. The first kappa shape index (κ1) is 15.4. The number of anilines is 4. The topological polar surface area (TPSA) is 55.3 Å². The summed E-state index contributed by atoms with van der Waals surface area (Å²) in [5.41, 5.74) is 13.2. The number of hydrogen-bond acceptors (Lipinski definition) is 3. The van der Waals surface area contributed by atoms with Crippen molar-refractivity contribution in [2.45, 2.75) is 19.8 Å². The monoisotopic (exact) mass is 307 g/mol. The fourth-order valence-corrected chi connectivity index (χ4v) is 2.37. The standard InChI is InChI=1S/C16H19ClFN3/c1-2-3-9-21(11-7-5-4-6-8-11)16-13(20)10-12(19)14(17)15(16)18/h4-8,10H,2-3,9,19-20H2,1H3. The number of unbranched alkanes of at least 4 members (excludes halogenated alkanes) is 1. The number of nitrogens with zero attached hydrogens (tertiary/aromatic N) is 1. The molecule has 0 bridgehead atoms. The van der Waals surface area contributed by atoms with E-state index in [1.807, 2.05) is 35.2 Å². The predicted octanol–water partition coefficient (Wildman–Crippen LogP) is 4.58. The smallest absolute Gasteiger partial charge is 0.169 e. The van der Waals surface area contributed by atoms with Gasteiger partial charge >= 0.3 is 0 Å². The number of nitrogens with two attached hydrogens (primary N) is 2. The Kier molecular flexibility index (Phi) is 4.91. The average Bonchev–Trinajstić information content (AvgIpc) is 2.49. The van der Waals surface area contributed by atoms with Gasteiger partial charge in [-0.1, -0.05) is 43.1 Å². The van der Waals surface area contributed by atoms with Gasteiger partial charge in [-0.15, -0.1) is 0 Å². The number of hydrogen-bond donors (Lipinski definition) is 2. The van der Waals surface area contributed by atoms with Gasteiger partial charge in [0.2, 0.25) is 0 Å². The van der Waals surface area contributed by atoms with Gasteiger partial charge in [0.1, 0.15) is 10.7 Å². The molecule has 0 spiro atoms. The van der Waals surface area contributed by atoms with Crippen molar-refractivity contribution in [3.05, 3.63) is 47.2 Å². The molecule has 0 atom stereocenters. The Labute approximate surface area is 129 Å². The van der Waals surface area contributed by atoms with Crippen LogP contribution >= 0.6 is 11.6 Å². The predicted molar refractivity (Wildman–Crippen MR) is 88.6 cm³/mol. The van der Waals surface area contributed by atoms with E-state index in [0.717, 1.165) is 18.5 Å². The zero-order valence-corrected chi connectivity index (χ0v) is 12.7. The van der Waals surface area contributed by atoms with Gasteiger partial charge in [0.25, 0.3) is 0 Å². The lowest BCUT2D eigenvalue weighted by Crippen LogP contribution is -2.21. The van der Waals surface area contributed by atoms with Crippen LogP contribution < -0.4 is 16.4 Å². The van der Waals surface area contributed by atoms with Gasteiger partial charge in [-0.3, -0.25) is 0 Å². The maximum atomic E-state index is 14.6. The fourth-order valence-electron chi connectivity index (χ4n) is 2.23. The summed E-state index contributed by atoms with van der Waals surface area (Å²) in [4.78, 5) is 1.85. The first-order chi connectivity index (χ1) is 10.1. The van der Waals surface area contributed by atoms with Crippen molar-refractivity contribution < 1.29 is 4.39 Å². The molecule has 0 heterocycles. The van der Waals surface area contributed by atoms with E-state index < -0.39 is 5.82 Å². The maximum absolute atomic E-state index is 14.6. The van der Waals surface area contributed by atoms with Crippen molar-refractivity contribution in [3.8, 4) is 0 Å². The van der Waals surface area contributed by atoms with Crippen LogP contribution in [0.4, 0.5) is 27.1 Å². The van der Waals surface area contributed by atoms with Crippen molar-refractivity contribution in [3.63, 3.8) is 0 Å². The van der Waals surface area contributed by atoms with Gasteiger partial charge < -0.3 is 16.4 Å². The fraction of sp³-hybridized carbons (Fsp3) is 0.250. The van der Waals surface area contributed by atoms with Gasteiger partial charge in [-0.25, -0.2) is 4.39 Å². The lowest BCUT2D eigenvalue weighted by molar-refractivity contribution is 0.624. The normalized spacial score (nSPS) is 10.6. The molecule has 0 fully saturated rings. The molecule has 0 saturated heterocycles. The second-order valence-corrected chi connectivity index (χ2v) is 5.25. The highest BCUT2D eigenvalue weighted by Crippen LogP contribution is 2.39. The van der Waals surface area contributed by atoms with E-state index in [0.29, 0.717) is 6.54 Å². The molecule has 0 saturated carbocycles. The summed E-state index contributed by atoms with van der Waals surface area (Å²) in [6.07, 6.45) is 1.91. The van der Waals surface area contributed by atoms with Crippen molar-refractivity contribution >= 4 is 34.4 Å². The molecule has 21 heavy (non-hydrogen) atoms. The van der Waals surface area contributed by atoms with Crippen LogP contribution in [-0.2, 0) is 0 Å². The van der Waals surface area contributed by atoms with E-state index in [1.165, 1.54) is 6.07 Å². The first-order valence-corrected chi connectivity index (χ1v) is 7.29. The summed E-state index contributed by atoms with van der Waals surface area (Å²) in [7, 11) is 0. The minimum absolute atomic E-state index is 0.0865. The Balaban J connectivity index is 2.54. The number of benzene rings is 2. The number of para-hydroxylation sites is 1. The van der Waals surface area contributed by atoms with E-state index in [9.17, 15) is 4.39 Å². The van der Waals surface area contributed by atoms with Crippen molar-refractivity contribution in [2.75, 3.05) is 22.9 Å².